The molecule has 96 valence electrons. The molecule has 7 heteroatoms. The summed E-state index contributed by atoms with van der Waals surface area (Å²) in [6, 6.07) is 5.31. The number of nitrogens with one attached hydrogen (secondary N) is 1. The zero-order valence-electron chi connectivity index (χ0n) is 9.88. The van der Waals surface area contributed by atoms with Crippen molar-refractivity contribution in [2.75, 3.05) is 23.3 Å². The lowest BCUT2D eigenvalue weighted by Gasteiger charge is -2.18. The molecule has 0 fully saturated rings. The van der Waals surface area contributed by atoms with E-state index in [-0.39, 0.29) is 18.5 Å². The van der Waals surface area contributed by atoms with E-state index < -0.39 is 0 Å². The molecule has 0 aliphatic carbocycles. The summed E-state index contributed by atoms with van der Waals surface area (Å²) in [5.74, 6) is 0.622. The predicted octanol–water partition coefficient (Wildman–Crippen LogP) is 0.639. The van der Waals surface area contributed by atoms with Crippen LogP contribution in [0.15, 0.2) is 24.4 Å². The third-order valence-corrected chi connectivity index (χ3v) is 2.77. The van der Waals surface area contributed by atoms with Gasteiger partial charge in [-0.15, -0.1) is 0 Å². The Bertz CT molecular complexity index is 671. The van der Waals surface area contributed by atoms with Gasteiger partial charge in [0.05, 0.1) is 5.69 Å². The number of carbonyl (C=O) groups is 1. The summed E-state index contributed by atoms with van der Waals surface area (Å²) in [7, 11) is 0. The van der Waals surface area contributed by atoms with E-state index in [2.05, 4.69) is 15.3 Å². The Morgan fingerprint density at radius 3 is 2.95 bits per heavy atom. The van der Waals surface area contributed by atoms with Crippen molar-refractivity contribution in [3.05, 3.63) is 24.4 Å². The van der Waals surface area contributed by atoms with Crippen molar-refractivity contribution < 1.29 is 9.53 Å². The van der Waals surface area contributed by atoms with Gasteiger partial charge in [-0.3, -0.25) is 0 Å². The van der Waals surface area contributed by atoms with Crippen LogP contribution in [0.25, 0.3) is 11.1 Å². The number of anilines is 3. The Morgan fingerprint density at radius 2 is 2.16 bits per heavy atom. The fourth-order valence-corrected chi connectivity index (χ4v) is 1.88. The molecule has 1 aromatic carbocycles. The molecule has 0 radical (unpaired) electrons. The number of ether oxygens (including phenoxy) is 1. The van der Waals surface area contributed by atoms with Gasteiger partial charge in [-0.1, -0.05) is 6.07 Å². The first-order valence-corrected chi connectivity index (χ1v) is 5.60. The van der Waals surface area contributed by atoms with Crippen LogP contribution in [0.3, 0.4) is 0 Å². The topological polar surface area (TPSA) is 116 Å². The van der Waals surface area contributed by atoms with Gasteiger partial charge in [0.25, 0.3) is 0 Å². The van der Waals surface area contributed by atoms with Crippen molar-refractivity contribution in [3.63, 3.8) is 0 Å². The van der Waals surface area contributed by atoms with Crippen LogP contribution in [0.4, 0.5) is 17.5 Å². The molecule has 0 bridgehead atoms. The molecule has 0 saturated carbocycles. The van der Waals surface area contributed by atoms with E-state index in [0.717, 1.165) is 11.3 Å². The summed E-state index contributed by atoms with van der Waals surface area (Å²) >= 11 is 0. The second-order valence-corrected chi connectivity index (χ2v) is 4.07. The van der Waals surface area contributed by atoms with Gasteiger partial charge in [0.2, 0.25) is 5.95 Å². The third-order valence-electron chi connectivity index (χ3n) is 2.77. The Labute approximate surface area is 108 Å². The van der Waals surface area contributed by atoms with Crippen LogP contribution in [-0.2, 0) is 4.79 Å². The molecule has 7 nitrogen and oxygen atoms in total. The first-order valence-electron chi connectivity index (χ1n) is 5.60. The second kappa shape index (κ2) is 4.13. The number of aromatic nitrogens is 2. The van der Waals surface area contributed by atoms with Gasteiger partial charge < -0.3 is 21.5 Å². The van der Waals surface area contributed by atoms with Gasteiger partial charge in [-0.05, 0) is 17.7 Å². The van der Waals surface area contributed by atoms with Gasteiger partial charge in [0, 0.05) is 11.8 Å². The average molecular weight is 257 g/mol. The maximum Gasteiger partial charge on any atom is 0.330 e. The predicted molar refractivity (Wildman–Crippen MR) is 70.4 cm³/mol. The Morgan fingerprint density at radius 1 is 1.32 bits per heavy atom. The normalized spacial score (nSPS) is 13.4. The van der Waals surface area contributed by atoms with Crippen LogP contribution >= 0.6 is 0 Å². The standard InChI is InChI=1S/C12H11N5O2/c13-11-7(4-16-12(14)17-11)6-1-2-9-8(3-6)15-5-10(18)19-9/h1-4,15H,5H2,(H4,13,14,16,17). The van der Waals surface area contributed by atoms with Crippen molar-refractivity contribution in [2.45, 2.75) is 0 Å². The fraction of sp³-hybridized carbons (Fsp3) is 0.0833. The van der Waals surface area contributed by atoms with Crippen LogP contribution in [0.2, 0.25) is 0 Å². The maximum absolute atomic E-state index is 11.1. The molecular formula is C12H11N5O2. The summed E-state index contributed by atoms with van der Waals surface area (Å²) in [5, 5.41) is 2.97. The molecular weight excluding hydrogens is 246 g/mol. The van der Waals surface area contributed by atoms with E-state index in [1.54, 1.807) is 18.3 Å². The molecule has 5 N–H and O–H groups in total. The lowest BCUT2D eigenvalue weighted by Crippen LogP contribution is -2.24. The van der Waals surface area contributed by atoms with E-state index >= 15 is 0 Å². The molecule has 0 amide bonds. The number of hydrogen-bond acceptors (Lipinski definition) is 7. The van der Waals surface area contributed by atoms with Crippen LogP contribution < -0.4 is 21.5 Å². The van der Waals surface area contributed by atoms with E-state index in [9.17, 15) is 4.79 Å². The summed E-state index contributed by atoms with van der Waals surface area (Å²) in [4.78, 5) is 19.0. The van der Waals surface area contributed by atoms with Crippen LogP contribution in [0, 0.1) is 0 Å². The fourth-order valence-electron chi connectivity index (χ4n) is 1.88. The lowest BCUT2D eigenvalue weighted by atomic mass is 10.1. The average Bonchev–Trinajstić information content (AvgIpc) is 2.38. The first kappa shape index (κ1) is 11.3. The Balaban J connectivity index is 2.04. The first-order chi connectivity index (χ1) is 9.13. The highest BCUT2D eigenvalue weighted by molar-refractivity contribution is 5.86. The van der Waals surface area contributed by atoms with Crippen LogP contribution in [0.5, 0.6) is 5.75 Å². The van der Waals surface area contributed by atoms with Gasteiger partial charge in [-0.2, -0.15) is 4.98 Å². The molecule has 1 aliphatic rings. The summed E-state index contributed by atoms with van der Waals surface area (Å²) < 4.78 is 5.09. The molecule has 0 atom stereocenters. The quantitative estimate of drug-likeness (QED) is 0.507. The number of carbonyl (C=O) groups excluding carboxylic acids is 1. The molecule has 3 rings (SSSR count). The van der Waals surface area contributed by atoms with Crippen LogP contribution in [-0.4, -0.2) is 22.5 Å². The van der Waals surface area contributed by atoms with Crippen molar-refractivity contribution in [3.8, 4) is 16.9 Å². The summed E-state index contributed by atoms with van der Waals surface area (Å²) in [6.45, 7) is 0.143. The highest BCUT2D eigenvalue weighted by atomic mass is 16.5. The minimum Gasteiger partial charge on any atom is -0.423 e. The van der Waals surface area contributed by atoms with Crippen molar-refractivity contribution in [1.29, 1.82) is 0 Å². The van der Waals surface area contributed by atoms with Crippen molar-refractivity contribution >= 4 is 23.4 Å². The maximum atomic E-state index is 11.1. The highest BCUT2D eigenvalue weighted by Gasteiger charge is 2.17. The molecule has 0 unspecified atom stereocenters. The Kier molecular flexibility index (Phi) is 2.45. The second-order valence-electron chi connectivity index (χ2n) is 4.07. The van der Waals surface area contributed by atoms with Crippen LogP contribution in [0.1, 0.15) is 0 Å². The number of rotatable bonds is 1. The molecule has 2 heterocycles. The number of esters is 1. The summed E-state index contributed by atoms with van der Waals surface area (Å²) in [5.41, 5.74) is 13.5. The number of hydrogen-bond donors (Lipinski definition) is 3. The van der Waals surface area contributed by atoms with Crippen molar-refractivity contribution in [1.82, 2.24) is 9.97 Å². The molecule has 1 aliphatic heterocycles. The minimum atomic E-state index is -0.310. The van der Waals surface area contributed by atoms with E-state index in [4.69, 9.17) is 16.2 Å². The number of benzene rings is 1. The SMILES string of the molecule is Nc1ncc(-c2ccc3c(c2)NCC(=O)O3)c(N)n1. The van der Waals surface area contributed by atoms with E-state index in [0.29, 0.717) is 17.1 Å². The minimum absolute atomic E-state index is 0.131. The monoisotopic (exact) mass is 257 g/mol. The zero-order chi connectivity index (χ0) is 13.4. The Hall–Kier alpha value is -2.83. The highest BCUT2D eigenvalue weighted by Crippen LogP contribution is 2.33. The van der Waals surface area contributed by atoms with Gasteiger partial charge in [-0.25, -0.2) is 9.78 Å². The largest absolute Gasteiger partial charge is 0.423 e. The van der Waals surface area contributed by atoms with E-state index in [1.807, 2.05) is 6.07 Å². The molecule has 1 aromatic heterocycles. The molecule has 2 aromatic rings. The van der Waals surface area contributed by atoms with E-state index in [1.165, 1.54) is 0 Å². The summed E-state index contributed by atoms with van der Waals surface area (Å²) in [6.07, 6.45) is 1.56. The number of nitrogen functional groups attached to an aromatic ring is 2. The molecule has 0 saturated heterocycles. The smallest absolute Gasteiger partial charge is 0.330 e. The van der Waals surface area contributed by atoms with Gasteiger partial charge in [0.1, 0.15) is 12.4 Å². The van der Waals surface area contributed by atoms with Crippen molar-refractivity contribution in [2.24, 2.45) is 0 Å². The van der Waals surface area contributed by atoms with Gasteiger partial charge >= 0.3 is 5.97 Å². The lowest BCUT2D eigenvalue weighted by molar-refractivity contribution is -0.132. The number of nitrogens with zero attached hydrogens (tertiary/aromatic N) is 2. The zero-order valence-corrected chi connectivity index (χ0v) is 9.88. The molecule has 0 spiro atoms. The third kappa shape index (κ3) is 2.01. The number of nitrogens with two attached hydrogens (primary N) is 2. The number of fused-ring (bicyclic) bond motifs is 1. The molecule has 19 heavy (non-hydrogen) atoms. The van der Waals surface area contributed by atoms with Gasteiger partial charge in [0.15, 0.2) is 5.75 Å².